The van der Waals surface area contributed by atoms with Crippen LogP contribution in [0.1, 0.15) is 32.8 Å². The number of methoxy groups -OCH3 is 1. The molecule has 1 unspecified atom stereocenters. The van der Waals surface area contributed by atoms with Crippen molar-refractivity contribution >= 4 is 0 Å². The van der Waals surface area contributed by atoms with Gasteiger partial charge in [-0.1, -0.05) is 32.9 Å². The summed E-state index contributed by atoms with van der Waals surface area (Å²) in [5.74, 6) is 1.64. The largest absolute Gasteiger partial charge is 0.497 e. The maximum Gasteiger partial charge on any atom is 0.119 e. The number of hydrogen-bond acceptors (Lipinski definition) is 2. The highest BCUT2D eigenvalue weighted by Gasteiger charge is 2.09. The van der Waals surface area contributed by atoms with Crippen molar-refractivity contribution in [3.8, 4) is 5.75 Å². The second kappa shape index (κ2) is 7.33. The fourth-order valence-electron chi connectivity index (χ4n) is 2.08. The van der Waals surface area contributed by atoms with Crippen LogP contribution >= 0.6 is 0 Å². The highest BCUT2D eigenvalue weighted by atomic mass is 16.5. The van der Waals surface area contributed by atoms with Crippen LogP contribution < -0.4 is 10.1 Å². The molecule has 0 bridgehead atoms. The molecule has 2 nitrogen and oxygen atoms in total. The van der Waals surface area contributed by atoms with Gasteiger partial charge in [0.15, 0.2) is 0 Å². The Hall–Kier alpha value is -1.02. The summed E-state index contributed by atoms with van der Waals surface area (Å²) in [6.07, 6.45) is 2.25. The van der Waals surface area contributed by atoms with Crippen LogP contribution in [0.5, 0.6) is 5.75 Å². The predicted octanol–water partition coefficient (Wildman–Crippen LogP) is 3.26. The Labute approximate surface area is 105 Å². The van der Waals surface area contributed by atoms with E-state index in [2.05, 4.69) is 38.2 Å². The van der Waals surface area contributed by atoms with Gasteiger partial charge in [0.05, 0.1) is 7.11 Å². The molecule has 17 heavy (non-hydrogen) atoms. The lowest BCUT2D eigenvalue weighted by atomic mass is 10.0. The number of hydrogen-bond donors (Lipinski definition) is 1. The van der Waals surface area contributed by atoms with Crippen LogP contribution in [0.25, 0.3) is 0 Å². The third-order valence-corrected chi connectivity index (χ3v) is 3.20. The van der Waals surface area contributed by atoms with E-state index in [1.165, 1.54) is 12.0 Å². The van der Waals surface area contributed by atoms with Gasteiger partial charge in [0.1, 0.15) is 5.75 Å². The van der Waals surface area contributed by atoms with Crippen LogP contribution in [0, 0.1) is 5.92 Å². The van der Waals surface area contributed by atoms with Crippen molar-refractivity contribution in [1.82, 2.24) is 5.32 Å². The molecular formula is C15H25NO. The second-order valence-electron chi connectivity index (χ2n) is 4.81. The molecule has 0 spiro atoms. The summed E-state index contributed by atoms with van der Waals surface area (Å²) in [6, 6.07) is 8.92. The first kappa shape index (κ1) is 14.0. The van der Waals surface area contributed by atoms with Crippen LogP contribution in [0.4, 0.5) is 0 Å². The van der Waals surface area contributed by atoms with Crippen molar-refractivity contribution in [2.24, 2.45) is 5.92 Å². The van der Waals surface area contributed by atoms with Gasteiger partial charge < -0.3 is 10.1 Å². The van der Waals surface area contributed by atoms with Gasteiger partial charge in [0.25, 0.3) is 0 Å². The molecule has 1 N–H and O–H groups in total. The van der Waals surface area contributed by atoms with E-state index < -0.39 is 0 Å². The number of ether oxygens (including phenoxy) is 1. The summed E-state index contributed by atoms with van der Waals surface area (Å²) in [5.41, 5.74) is 1.33. The van der Waals surface area contributed by atoms with Gasteiger partial charge in [-0.2, -0.15) is 0 Å². The van der Waals surface area contributed by atoms with Gasteiger partial charge >= 0.3 is 0 Å². The summed E-state index contributed by atoms with van der Waals surface area (Å²) >= 11 is 0. The Bertz CT molecular complexity index is 322. The number of nitrogens with one attached hydrogen (secondary N) is 1. The minimum Gasteiger partial charge on any atom is -0.497 e. The van der Waals surface area contributed by atoms with E-state index in [1.807, 2.05) is 12.1 Å². The van der Waals surface area contributed by atoms with E-state index in [1.54, 1.807) is 7.11 Å². The standard InChI is InChI=1S/C15H25NO/c1-5-15(12(2)3)16-10-9-13-7-6-8-14(11-13)17-4/h6-8,11-12,15-16H,5,9-10H2,1-4H3. The summed E-state index contributed by atoms with van der Waals surface area (Å²) in [6.45, 7) is 7.81. The SMILES string of the molecule is CCC(NCCc1cccc(OC)c1)C(C)C. The van der Waals surface area contributed by atoms with Crippen molar-refractivity contribution < 1.29 is 4.74 Å². The van der Waals surface area contributed by atoms with Gasteiger partial charge in [-0.05, 0) is 43.0 Å². The lowest BCUT2D eigenvalue weighted by Crippen LogP contribution is -2.34. The fourth-order valence-corrected chi connectivity index (χ4v) is 2.08. The van der Waals surface area contributed by atoms with E-state index in [4.69, 9.17) is 4.74 Å². The molecule has 2 heteroatoms. The lowest BCUT2D eigenvalue weighted by Gasteiger charge is -2.20. The van der Waals surface area contributed by atoms with E-state index >= 15 is 0 Å². The van der Waals surface area contributed by atoms with E-state index in [-0.39, 0.29) is 0 Å². The van der Waals surface area contributed by atoms with Gasteiger partial charge in [-0.25, -0.2) is 0 Å². The van der Waals surface area contributed by atoms with Crippen molar-refractivity contribution in [2.45, 2.75) is 39.7 Å². The molecule has 96 valence electrons. The second-order valence-corrected chi connectivity index (χ2v) is 4.81. The smallest absolute Gasteiger partial charge is 0.119 e. The Balaban J connectivity index is 2.39. The third kappa shape index (κ3) is 4.78. The molecule has 0 saturated carbocycles. The first-order valence-corrected chi connectivity index (χ1v) is 6.53. The molecular weight excluding hydrogens is 210 g/mol. The summed E-state index contributed by atoms with van der Waals surface area (Å²) < 4.78 is 5.22. The van der Waals surface area contributed by atoms with Crippen molar-refractivity contribution in [3.05, 3.63) is 29.8 Å². The molecule has 1 atom stereocenters. The summed E-state index contributed by atoms with van der Waals surface area (Å²) in [5, 5.41) is 3.61. The normalized spacial score (nSPS) is 12.8. The molecule has 0 aromatic heterocycles. The zero-order valence-corrected chi connectivity index (χ0v) is 11.5. The first-order valence-electron chi connectivity index (χ1n) is 6.53. The minimum absolute atomic E-state index is 0.626. The summed E-state index contributed by atoms with van der Waals surface area (Å²) in [4.78, 5) is 0. The van der Waals surface area contributed by atoms with E-state index in [0.29, 0.717) is 12.0 Å². The number of benzene rings is 1. The highest BCUT2D eigenvalue weighted by molar-refractivity contribution is 5.28. The zero-order valence-electron chi connectivity index (χ0n) is 11.5. The minimum atomic E-state index is 0.626. The molecule has 0 amide bonds. The van der Waals surface area contributed by atoms with E-state index in [9.17, 15) is 0 Å². The Morgan fingerprint density at radius 1 is 1.29 bits per heavy atom. The van der Waals surface area contributed by atoms with Crippen LogP contribution in [-0.2, 0) is 6.42 Å². The van der Waals surface area contributed by atoms with Gasteiger partial charge in [-0.3, -0.25) is 0 Å². The first-order chi connectivity index (χ1) is 8.17. The molecule has 0 aliphatic rings. The molecule has 0 radical (unpaired) electrons. The molecule has 0 saturated heterocycles. The zero-order chi connectivity index (χ0) is 12.7. The monoisotopic (exact) mass is 235 g/mol. The molecule has 0 aliphatic carbocycles. The Kier molecular flexibility index (Phi) is 6.06. The van der Waals surface area contributed by atoms with Crippen molar-refractivity contribution in [3.63, 3.8) is 0 Å². The van der Waals surface area contributed by atoms with Gasteiger partial charge in [0.2, 0.25) is 0 Å². The van der Waals surface area contributed by atoms with Gasteiger partial charge in [-0.15, -0.1) is 0 Å². The van der Waals surface area contributed by atoms with Crippen LogP contribution in [-0.4, -0.2) is 19.7 Å². The third-order valence-electron chi connectivity index (χ3n) is 3.20. The van der Waals surface area contributed by atoms with Gasteiger partial charge in [0, 0.05) is 6.04 Å². The average molecular weight is 235 g/mol. The van der Waals surface area contributed by atoms with Crippen LogP contribution in [0.2, 0.25) is 0 Å². The summed E-state index contributed by atoms with van der Waals surface area (Å²) in [7, 11) is 1.71. The number of rotatable bonds is 7. The fraction of sp³-hybridized carbons (Fsp3) is 0.600. The highest BCUT2D eigenvalue weighted by Crippen LogP contribution is 2.13. The Morgan fingerprint density at radius 3 is 2.65 bits per heavy atom. The maximum atomic E-state index is 5.22. The van der Waals surface area contributed by atoms with Crippen LogP contribution in [0.3, 0.4) is 0 Å². The molecule has 1 rings (SSSR count). The van der Waals surface area contributed by atoms with E-state index in [0.717, 1.165) is 18.7 Å². The maximum absolute atomic E-state index is 5.22. The average Bonchev–Trinajstić information content (AvgIpc) is 2.34. The van der Waals surface area contributed by atoms with Crippen molar-refractivity contribution in [2.75, 3.05) is 13.7 Å². The Morgan fingerprint density at radius 2 is 2.06 bits per heavy atom. The quantitative estimate of drug-likeness (QED) is 0.783. The molecule has 0 heterocycles. The molecule has 0 aliphatic heterocycles. The predicted molar refractivity (Wildman–Crippen MR) is 73.6 cm³/mol. The molecule has 0 fully saturated rings. The van der Waals surface area contributed by atoms with Crippen LogP contribution in [0.15, 0.2) is 24.3 Å². The topological polar surface area (TPSA) is 21.3 Å². The van der Waals surface area contributed by atoms with Crippen molar-refractivity contribution in [1.29, 1.82) is 0 Å². The molecule has 1 aromatic carbocycles. The molecule has 1 aromatic rings. The lowest BCUT2D eigenvalue weighted by molar-refractivity contribution is 0.391.